The number of esters is 1. The topological polar surface area (TPSA) is 26.3 Å². The third-order valence-electron chi connectivity index (χ3n) is 2.67. The summed E-state index contributed by atoms with van der Waals surface area (Å²) < 4.78 is 4.90. The van der Waals surface area contributed by atoms with Crippen LogP contribution in [0.1, 0.15) is 38.8 Å². The van der Waals surface area contributed by atoms with Crippen molar-refractivity contribution >= 4 is 11.5 Å². The third kappa shape index (κ3) is 4.74. The Kier molecular flexibility index (Phi) is 5.63. The lowest BCUT2D eigenvalue weighted by atomic mass is 9.99. The van der Waals surface area contributed by atoms with E-state index in [2.05, 4.69) is 38.1 Å². The quantitative estimate of drug-likeness (QED) is 0.582. The molecular weight excluding hydrogens is 224 g/mol. The molecule has 0 spiro atoms. The van der Waals surface area contributed by atoms with Gasteiger partial charge in [-0.15, -0.1) is 0 Å². The first-order valence-electron chi connectivity index (χ1n) is 6.47. The third-order valence-corrected chi connectivity index (χ3v) is 2.67. The lowest BCUT2D eigenvalue weighted by Crippen LogP contribution is -2.00. The van der Waals surface area contributed by atoms with Gasteiger partial charge in [-0.25, -0.2) is 4.79 Å². The zero-order chi connectivity index (χ0) is 13.5. The molecular formula is C16H22O2. The van der Waals surface area contributed by atoms with Crippen LogP contribution in [0.4, 0.5) is 0 Å². The summed E-state index contributed by atoms with van der Waals surface area (Å²) in [5.41, 5.74) is 3.33. The van der Waals surface area contributed by atoms with E-state index in [1.165, 1.54) is 5.56 Å². The monoisotopic (exact) mass is 246 g/mol. The van der Waals surface area contributed by atoms with Crippen LogP contribution >= 0.6 is 0 Å². The Hall–Kier alpha value is -1.57. The predicted molar refractivity (Wildman–Crippen MR) is 75.3 cm³/mol. The molecule has 0 N–H and O–H groups in total. The number of allylic oxidation sites excluding steroid dienone is 1. The minimum absolute atomic E-state index is 0.277. The highest BCUT2D eigenvalue weighted by atomic mass is 16.5. The van der Waals surface area contributed by atoms with Crippen molar-refractivity contribution < 1.29 is 9.53 Å². The number of hydrogen-bond donors (Lipinski definition) is 0. The molecule has 0 amide bonds. The number of ether oxygens (including phenoxy) is 1. The number of carbonyl (C=O) groups excluding carboxylic acids is 1. The summed E-state index contributed by atoms with van der Waals surface area (Å²) in [6, 6.07) is 8.36. The van der Waals surface area contributed by atoms with Gasteiger partial charge in [-0.3, -0.25) is 0 Å². The van der Waals surface area contributed by atoms with E-state index < -0.39 is 0 Å². The zero-order valence-electron chi connectivity index (χ0n) is 11.7. The lowest BCUT2D eigenvalue weighted by Gasteiger charge is -2.07. The van der Waals surface area contributed by atoms with E-state index in [4.69, 9.17) is 4.74 Å². The average molecular weight is 246 g/mol. The molecule has 0 unspecified atom stereocenters. The fraction of sp³-hybridized carbons (Fsp3) is 0.438. The minimum Gasteiger partial charge on any atom is -0.463 e. The van der Waals surface area contributed by atoms with Crippen molar-refractivity contribution in [2.24, 2.45) is 5.92 Å². The number of hydrogen-bond acceptors (Lipinski definition) is 2. The van der Waals surface area contributed by atoms with Gasteiger partial charge in [0.25, 0.3) is 0 Å². The second kappa shape index (κ2) is 7.00. The van der Waals surface area contributed by atoms with Crippen molar-refractivity contribution in [3.8, 4) is 0 Å². The summed E-state index contributed by atoms with van der Waals surface area (Å²) in [5, 5.41) is 0. The van der Waals surface area contributed by atoms with E-state index in [1.54, 1.807) is 6.08 Å². The Morgan fingerprint density at radius 1 is 1.28 bits per heavy atom. The van der Waals surface area contributed by atoms with E-state index in [1.807, 2.05) is 13.8 Å². The Morgan fingerprint density at radius 3 is 2.39 bits per heavy atom. The van der Waals surface area contributed by atoms with Crippen LogP contribution in [0.3, 0.4) is 0 Å². The van der Waals surface area contributed by atoms with Crippen LogP contribution in [0, 0.1) is 5.92 Å². The molecule has 0 aliphatic heterocycles. The van der Waals surface area contributed by atoms with Gasteiger partial charge in [-0.1, -0.05) is 38.1 Å². The molecule has 1 rings (SSSR count). The fourth-order valence-electron chi connectivity index (χ4n) is 1.82. The van der Waals surface area contributed by atoms with Crippen molar-refractivity contribution in [2.45, 2.75) is 34.1 Å². The smallest absolute Gasteiger partial charge is 0.331 e. The van der Waals surface area contributed by atoms with Gasteiger partial charge in [0.1, 0.15) is 0 Å². The van der Waals surface area contributed by atoms with Crippen LogP contribution < -0.4 is 0 Å². The zero-order valence-corrected chi connectivity index (χ0v) is 11.7. The molecule has 1 aromatic carbocycles. The highest BCUT2D eigenvalue weighted by Crippen LogP contribution is 2.16. The first-order valence-corrected chi connectivity index (χ1v) is 6.47. The number of rotatable bonds is 5. The maximum absolute atomic E-state index is 11.3. The van der Waals surface area contributed by atoms with Crippen LogP contribution in [0.2, 0.25) is 0 Å². The SMILES string of the molecule is CCOC(=O)C=C(C)c1ccc(CC(C)C)cc1. The molecule has 0 aliphatic rings. The van der Waals surface area contributed by atoms with Gasteiger partial charge >= 0.3 is 5.97 Å². The summed E-state index contributed by atoms with van der Waals surface area (Å²) >= 11 is 0. The largest absolute Gasteiger partial charge is 0.463 e. The summed E-state index contributed by atoms with van der Waals surface area (Å²) in [4.78, 5) is 11.3. The lowest BCUT2D eigenvalue weighted by molar-refractivity contribution is -0.137. The Balaban J connectivity index is 2.75. The van der Waals surface area contributed by atoms with Crippen molar-refractivity contribution in [1.29, 1.82) is 0 Å². The first kappa shape index (κ1) is 14.5. The maximum atomic E-state index is 11.3. The summed E-state index contributed by atoms with van der Waals surface area (Å²) in [7, 11) is 0. The Labute approximate surface area is 110 Å². The van der Waals surface area contributed by atoms with Gasteiger partial charge in [0.2, 0.25) is 0 Å². The molecule has 0 radical (unpaired) electrons. The highest BCUT2D eigenvalue weighted by molar-refractivity contribution is 5.90. The molecule has 2 heteroatoms. The van der Waals surface area contributed by atoms with E-state index >= 15 is 0 Å². The number of benzene rings is 1. The Bertz CT molecular complexity index is 413. The minimum atomic E-state index is -0.277. The van der Waals surface area contributed by atoms with Crippen LogP contribution in [0.5, 0.6) is 0 Å². The number of carbonyl (C=O) groups is 1. The Morgan fingerprint density at radius 2 is 1.89 bits per heavy atom. The molecule has 0 saturated carbocycles. The fourth-order valence-corrected chi connectivity index (χ4v) is 1.82. The van der Waals surface area contributed by atoms with Gasteiger partial charge in [-0.2, -0.15) is 0 Å². The van der Waals surface area contributed by atoms with Crippen LogP contribution in [0.15, 0.2) is 30.3 Å². The summed E-state index contributed by atoms with van der Waals surface area (Å²) in [6.45, 7) is 8.56. The van der Waals surface area contributed by atoms with Crippen LogP contribution in [-0.2, 0) is 16.0 Å². The molecule has 0 atom stereocenters. The maximum Gasteiger partial charge on any atom is 0.331 e. The van der Waals surface area contributed by atoms with Crippen LogP contribution in [-0.4, -0.2) is 12.6 Å². The molecule has 0 heterocycles. The van der Waals surface area contributed by atoms with Crippen LogP contribution in [0.25, 0.3) is 5.57 Å². The van der Waals surface area contributed by atoms with E-state index in [-0.39, 0.29) is 5.97 Å². The predicted octanol–water partition coefficient (Wildman–Crippen LogP) is 3.85. The van der Waals surface area contributed by atoms with Crippen molar-refractivity contribution in [3.63, 3.8) is 0 Å². The van der Waals surface area contributed by atoms with Crippen molar-refractivity contribution in [2.75, 3.05) is 6.61 Å². The molecule has 98 valence electrons. The molecule has 0 aliphatic carbocycles. The van der Waals surface area contributed by atoms with Crippen molar-refractivity contribution in [1.82, 2.24) is 0 Å². The summed E-state index contributed by atoms with van der Waals surface area (Å²) in [5.74, 6) is 0.383. The van der Waals surface area contributed by atoms with E-state index in [0.29, 0.717) is 12.5 Å². The average Bonchev–Trinajstić information content (AvgIpc) is 2.29. The van der Waals surface area contributed by atoms with Crippen molar-refractivity contribution in [3.05, 3.63) is 41.5 Å². The molecule has 1 aromatic rings. The van der Waals surface area contributed by atoms with Gasteiger partial charge in [-0.05, 0) is 42.9 Å². The summed E-state index contributed by atoms with van der Waals surface area (Å²) in [6.07, 6.45) is 2.63. The van der Waals surface area contributed by atoms with Gasteiger partial charge in [0.05, 0.1) is 6.61 Å². The highest BCUT2D eigenvalue weighted by Gasteiger charge is 2.02. The molecule has 0 saturated heterocycles. The molecule has 0 bridgehead atoms. The molecule has 2 nitrogen and oxygen atoms in total. The van der Waals surface area contributed by atoms with E-state index in [0.717, 1.165) is 17.6 Å². The van der Waals surface area contributed by atoms with Gasteiger partial charge in [0, 0.05) is 6.08 Å². The molecule has 18 heavy (non-hydrogen) atoms. The standard InChI is InChI=1S/C16H22O2/c1-5-18-16(17)11-13(4)15-8-6-14(7-9-15)10-12(2)3/h6-9,11-12H,5,10H2,1-4H3. The van der Waals surface area contributed by atoms with E-state index in [9.17, 15) is 4.79 Å². The van der Waals surface area contributed by atoms with Gasteiger partial charge < -0.3 is 4.74 Å². The molecule has 0 aromatic heterocycles. The first-order chi connectivity index (χ1) is 8.52. The second-order valence-electron chi connectivity index (χ2n) is 4.87. The molecule has 0 fully saturated rings. The van der Waals surface area contributed by atoms with Gasteiger partial charge in [0.15, 0.2) is 0 Å². The normalized spacial score (nSPS) is 11.7. The second-order valence-corrected chi connectivity index (χ2v) is 4.87.